The molecule has 2 heterocycles. The minimum Gasteiger partial charge on any atom is -0.311 e. The minimum atomic E-state index is 0.788. The lowest BCUT2D eigenvalue weighted by atomic mass is 10.0. The molecule has 0 aromatic rings. The van der Waals surface area contributed by atoms with Crippen molar-refractivity contribution in [3.05, 3.63) is 12.2 Å². The number of nitrogens with one attached hydrogen (secondary N) is 1. The van der Waals surface area contributed by atoms with Crippen molar-refractivity contribution in [2.24, 2.45) is 0 Å². The smallest absolute Gasteiger partial charge is 0.0107 e. The first-order valence-corrected chi connectivity index (χ1v) is 3.77. The standard InChI is InChI=1S/C8H13N/c1-6-4-7-2-3-8(5-6)9-7/h7-9H,1-5H2. The SMILES string of the molecule is C=C1CC2CCC(C1)N2. The zero-order valence-corrected chi connectivity index (χ0v) is 5.69. The van der Waals surface area contributed by atoms with Gasteiger partial charge in [0.2, 0.25) is 0 Å². The lowest BCUT2D eigenvalue weighted by Crippen LogP contribution is -2.34. The van der Waals surface area contributed by atoms with E-state index >= 15 is 0 Å². The fraction of sp³-hybridized carbons (Fsp3) is 0.750. The van der Waals surface area contributed by atoms with E-state index in [1.807, 2.05) is 0 Å². The molecule has 1 nitrogen and oxygen atoms in total. The third-order valence-corrected chi connectivity index (χ3v) is 2.41. The molecule has 0 saturated carbocycles. The zero-order valence-electron chi connectivity index (χ0n) is 5.69. The summed E-state index contributed by atoms with van der Waals surface area (Å²) in [7, 11) is 0. The van der Waals surface area contributed by atoms with Crippen molar-refractivity contribution in [3.63, 3.8) is 0 Å². The highest BCUT2D eigenvalue weighted by atomic mass is 15.0. The van der Waals surface area contributed by atoms with Gasteiger partial charge in [0, 0.05) is 12.1 Å². The summed E-state index contributed by atoms with van der Waals surface area (Å²) in [6.07, 6.45) is 5.22. The van der Waals surface area contributed by atoms with E-state index in [0.717, 1.165) is 12.1 Å². The van der Waals surface area contributed by atoms with E-state index in [4.69, 9.17) is 0 Å². The number of fused-ring (bicyclic) bond motifs is 2. The minimum absolute atomic E-state index is 0.788. The zero-order chi connectivity index (χ0) is 6.27. The summed E-state index contributed by atoms with van der Waals surface area (Å²) in [5.41, 5.74) is 1.46. The molecule has 0 aromatic carbocycles. The van der Waals surface area contributed by atoms with Gasteiger partial charge < -0.3 is 5.32 Å². The fourth-order valence-electron chi connectivity index (χ4n) is 2.00. The Bertz CT molecular complexity index is 126. The van der Waals surface area contributed by atoms with Gasteiger partial charge in [-0.1, -0.05) is 12.2 Å². The molecule has 50 valence electrons. The Morgan fingerprint density at radius 1 is 1.22 bits per heavy atom. The predicted octanol–water partition coefficient (Wildman–Crippen LogP) is 1.46. The van der Waals surface area contributed by atoms with Crippen molar-refractivity contribution in [3.8, 4) is 0 Å². The summed E-state index contributed by atoms with van der Waals surface area (Å²) in [6.45, 7) is 4.01. The summed E-state index contributed by atoms with van der Waals surface area (Å²) in [5, 5.41) is 3.56. The summed E-state index contributed by atoms with van der Waals surface area (Å²) >= 11 is 0. The van der Waals surface area contributed by atoms with Crippen LogP contribution in [-0.4, -0.2) is 12.1 Å². The maximum atomic E-state index is 4.01. The van der Waals surface area contributed by atoms with Gasteiger partial charge >= 0.3 is 0 Å². The van der Waals surface area contributed by atoms with Crippen LogP contribution >= 0.6 is 0 Å². The van der Waals surface area contributed by atoms with Gasteiger partial charge in [0.25, 0.3) is 0 Å². The molecule has 2 rings (SSSR count). The normalized spacial score (nSPS) is 41.6. The second-order valence-electron chi connectivity index (χ2n) is 3.30. The third kappa shape index (κ3) is 0.897. The highest BCUT2D eigenvalue weighted by Crippen LogP contribution is 2.28. The monoisotopic (exact) mass is 123 g/mol. The second-order valence-corrected chi connectivity index (χ2v) is 3.30. The molecule has 0 spiro atoms. The van der Waals surface area contributed by atoms with Crippen LogP contribution in [0.1, 0.15) is 25.7 Å². The Morgan fingerprint density at radius 2 is 1.78 bits per heavy atom. The van der Waals surface area contributed by atoms with E-state index in [9.17, 15) is 0 Å². The summed E-state index contributed by atoms with van der Waals surface area (Å²) in [4.78, 5) is 0. The van der Waals surface area contributed by atoms with Crippen LogP contribution in [0, 0.1) is 0 Å². The highest BCUT2D eigenvalue weighted by molar-refractivity contribution is 5.08. The average Bonchev–Trinajstić information content (AvgIpc) is 2.11. The van der Waals surface area contributed by atoms with Gasteiger partial charge in [0.05, 0.1) is 0 Å². The van der Waals surface area contributed by atoms with Gasteiger partial charge in [0.15, 0.2) is 0 Å². The number of piperidine rings is 1. The van der Waals surface area contributed by atoms with Crippen LogP contribution in [0.5, 0.6) is 0 Å². The van der Waals surface area contributed by atoms with E-state index in [1.165, 1.54) is 31.3 Å². The number of hydrogen-bond acceptors (Lipinski definition) is 1. The van der Waals surface area contributed by atoms with E-state index in [0.29, 0.717) is 0 Å². The highest BCUT2D eigenvalue weighted by Gasteiger charge is 2.28. The van der Waals surface area contributed by atoms with Gasteiger partial charge in [-0.3, -0.25) is 0 Å². The first kappa shape index (κ1) is 5.48. The average molecular weight is 123 g/mol. The van der Waals surface area contributed by atoms with Crippen LogP contribution in [0.4, 0.5) is 0 Å². The van der Waals surface area contributed by atoms with Crippen molar-refractivity contribution < 1.29 is 0 Å². The van der Waals surface area contributed by atoms with Gasteiger partial charge in [-0.25, -0.2) is 0 Å². The molecule has 2 aliphatic heterocycles. The molecular formula is C8H13N. The Morgan fingerprint density at radius 3 is 2.33 bits per heavy atom. The summed E-state index contributed by atoms with van der Waals surface area (Å²) in [5.74, 6) is 0. The first-order chi connectivity index (χ1) is 4.34. The molecule has 2 atom stereocenters. The molecule has 1 N–H and O–H groups in total. The van der Waals surface area contributed by atoms with Crippen LogP contribution in [0.25, 0.3) is 0 Å². The molecule has 2 fully saturated rings. The molecule has 0 amide bonds. The van der Waals surface area contributed by atoms with Crippen LogP contribution in [0.15, 0.2) is 12.2 Å². The van der Waals surface area contributed by atoms with Gasteiger partial charge in [-0.05, 0) is 25.7 Å². The summed E-state index contributed by atoms with van der Waals surface area (Å²) < 4.78 is 0. The van der Waals surface area contributed by atoms with Crippen molar-refractivity contribution in [1.82, 2.24) is 5.32 Å². The first-order valence-electron chi connectivity index (χ1n) is 3.77. The molecule has 0 radical (unpaired) electrons. The van der Waals surface area contributed by atoms with Crippen molar-refractivity contribution in [1.29, 1.82) is 0 Å². The van der Waals surface area contributed by atoms with Crippen molar-refractivity contribution in [2.75, 3.05) is 0 Å². The van der Waals surface area contributed by atoms with Gasteiger partial charge in [-0.2, -0.15) is 0 Å². The molecule has 1 heteroatoms. The number of rotatable bonds is 0. The molecule has 2 unspecified atom stereocenters. The molecule has 9 heavy (non-hydrogen) atoms. The Hall–Kier alpha value is -0.300. The maximum absolute atomic E-state index is 4.01. The lowest BCUT2D eigenvalue weighted by molar-refractivity contribution is 0.475. The second kappa shape index (κ2) is 1.84. The van der Waals surface area contributed by atoms with E-state index in [-0.39, 0.29) is 0 Å². The Kier molecular flexibility index (Phi) is 1.12. The molecule has 0 aliphatic carbocycles. The van der Waals surface area contributed by atoms with Gasteiger partial charge in [0.1, 0.15) is 0 Å². The Balaban J connectivity index is 2.11. The lowest BCUT2D eigenvalue weighted by Gasteiger charge is -2.22. The molecule has 2 bridgehead atoms. The van der Waals surface area contributed by atoms with E-state index in [1.54, 1.807) is 0 Å². The third-order valence-electron chi connectivity index (χ3n) is 2.41. The quantitative estimate of drug-likeness (QED) is 0.481. The van der Waals surface area contributed by atoms with E-state index in [2.05, 4.69) is 11.9 Å². The largest absolute Gasteiger partial charge is 0.311 e. The van der Waals surface area contributed by atoms with Crippen LogP contribution in [0.2, 0.25) is 0 Å². The van der Waals surface area contributed by atoms with Crippen LogP contribution < -0.4 is 5.32 Å². The Labute approximate surface area is 56.1 Å². The van der Waals surface area contributed by atoms with Gasteiger partial charge in [-0.15, -0.1) is 0 Å². The molecule has 0 aromatic heterocycles. The summed E-state index contributed by atoms with van der Waals surface area (Å²) in [6, 6.07) is 1.58. The molecular weight excluding hydrogens is 110 g/mol. The van der Waals surface area contributed by atoms with Crippen LogP contribution in [0.3, 0.4) is 0 Å². The fourth-order valence-corrected chi connectivity index (χ4v) is 2.00. The topological polar surface area (TPSA) is 12.0 Å². The van der Waals surface area contributed by atoms with Crippen molar-refractivity contribution >= 4 is 0 Å². The molecule has 2 saturated heterocycles. The van der Waals surface area contributed by atoms with E-state index < -0.39 is 0 Å². The number of hydrogen-bond donors (Lipinski definition) is 1. The van der Waals surface area contributed by atoms with Crippen molar-refractivity contribution in [2.45, 2.75) is 37.8 Å². The maximum Gasteiger partial charge on any atom is 0.0107 e. The predicted molar refractivity (Wildman–Crippen MR) is 38.3 cm³/mol. The molecule has 2 aliphatic rings. The van der Waals surface area contributed by atoms with Crippen LogP contribution in [-0.2, 0) is 0 Å².